The van der Waals surface area contributed by atoms with Gasteiger partial charge in [-0.05, 0) is 13.8 Å². The van der Waals surface area contributed by atoms with Crippen LogP contribution in [0.3, 0.4) is 0 Å². The summed E-state index contributed by atoms with van der Waals surface area (Å²) in [5.41, 5.74) is -3.00. The van der Waals surface area contributed by atoms with Gasteiger partial charge in [0.05, 0.1) is 55.2 Å². The van der Waals surface area contributed by atoms with Gasteiger partial charge >= 0.3 is 5.97 Å². The van der Waals surface area contributed by atoms with E-state index < -0.39 is 70.7 Å². The van der Waals surface area contributed by atoms with Crippen molar-refractivity contribution >= 4 is 17.5 Å². The topological polar surface area (TPSA) is 160 Å². The van der Waals surface area contributed by atoms with Gasteiger partial charge in [0.1, 0.15) is 17.1 Å². The Kier molecular flexibility index (Phi) is 4.74. The summed E-state index contributed by atoms with van der Waals surface area (Å²) in [7, 11) is 1.24. The number of hydrogen-bond donors (Lipinski definition) is 4. The summed E-state index contributed by atoms with van der Waals surface area (Å²) in [5.74, 6) is -3.12. The smallest absolute Gasteiger partial charge is 0.308 e. The Labute approximate surface area is 188 Å². The summed E-state index contributed by atoms with van der Waals surface area (Å²) in [5, 5.41) is 44.0. The summed E-state index contributed by atoms with van der Waals surface area (Å²) in [6, 6.07) is 0. The van der Waals surface area contributed by atoms with E-state index in [-0.39, 0.29) is 47.1 Å². The number of phenols is 2. The molecule has 0 saturated carbocycles. The predicted octanol–water partition coefficient (Wildman–Crippen LogP) is 0.622. The lowest BCUT2D eigenvalue weighted by Gasteiger charge is -2.52. The average molecular weight is 460 g/mol. The zero-order valence-electron chi connectivity index (χ0n) is 18.2. The number of fused-ring (bicyclic) bond motifs is 4. The highest BCUT2D eigenvalue weighted by Gasteiger charge is 2.62. The van der Waals surface area contributed by atoms with Crippen LogP contribution in [0.1, 0.15) is 64.6 Å². The highest BCUT2D eigenvalue weighted by Crippen LogP contribution is 2.54. The van der Waals surface area contributed by atoms with E-state index in [4.69, 9.17) is 9.47 Å². The van der Waals surface area contributed by atoms with Crippen LogP contribution >= 0.6 is 0 Å². The second-order valence-corrected chi connectivity index (χ2v) is 9.01. The molecule has 33 heavy (non-hydrogen) atoms. The average Bonchev–Trinajstić information content (AvgIpc) is 2.75. The molecule has 3 aliphatic heterocycles. The van der Waals surface area contributed by atoms with Crippen molar-refractivity contribution in [2.45, 2.75) is 69.2 Å². The van der Waals surface area contributed by atoms with Crippen LogP contribution in [0.25, 0.3) is 0 Å². The zero-order chi connectivity index (χ0) is 24.0. The molecule has 0 unspecified atom stereocenters. The minimum Gasteiger partial charge on any atom is -0.507 e. The van der Waals surface area contributed by atoms with Gasteiger partial charge in [-0.2, -0.15) is 0 Å². The molecule has 10 nitrogen and oxygen atoms in total. The lowest BCUT2D eigenvalue weighted by Crippen LogP contribution is -2.66. The van der Waals surface area contributed by atoms with Crippen molar-refractivity contribution in [2.24, 2.45) is 0 Å². The molecular weight excluding hydrogens is 436 g/mol. The van der Waals surface area contributed by atoms with E-state index in [1.165, 1.54) is 14.0 Å². The normalized spacial score (nSPS) is 34.6. The van der Waals surface area contributed by atoms with Crippen LogP contribution in [0, 0.1) is 0 Å². The Hall–Kier alpha value is -2.79. The van der Waals surface area contributed by atoms with Gasteiger partial charge in [0.2, 0.25) is 0 Å². The molecule has 176 valence electrons. The Balaban J connectivity index is 1.69. The van der Waals surface area contributed by atoms with Crippen molar-refractivity contribution in [3.63, 3.8) is 0 Å². The van der Waals surface area contributed by atoms with Crippen molar-refractivity contribution in [3.8, 4) is 11.5 Å². The number of aliphatic hydroxyl groups excluding tert-OH is 1. The van der Waals surface area contributed by atoms with Crippen molar-refractivity contribution < 1.29 is 49.0 Å². The number of methoxy groups -OCH3 is 1. The van der Waals surface area contributed by atoms with Crippen LogP contribution in [-0.2, 0) is 25.4 Å². The number of Topliss-reactive ketones (excluding diaryl/α,β-unsaturated/α-hetero) is 2. The maximum atomic E-state index is 13.6. The molecule has 2 bridgehead atoms. The number of hydrogen-bond acceptors (Lipinski definition) is 10. The third-order valence-corrected chi connectivity index (χ3v) is 7.30. The molecule has 0 aromatic heterocycles. The van der Waals surface area contributed by atoms with Crippen LogP contribution in [-0.4, -0.2) is 75.1 Å². The van der Waals surface area contributed by atoms with E-state index in [9.17, 15) is 34.8 Å². The highest BCUT2D eigenvalue weighted by molar-refractivity contribution is 6.30. The molecule has 1 aromatic rings. The Morgan fingerprint density at radius 3 is 2.42 bits per heavy atom. The van der Waals surface area contributed by atoms with Gasteiger partial charge in [0.25, 0.3) is 0 Å². The summed E-state index contributed by atoms with van der Waals surface area (Å²) in [6.07, 6.45) is -4.88. The number of aliphatic hydroxyl groups is 2. The van der Waals surface area contributed by atoms with Crippen molar-refractivity contribution in [2.75, 3.05) is 7.11 Å². The maximum Gasteiger partial charge on any atom is 0.308 e. The Morgan fingerprint density at radius 2 is 1.79 bits per heavy atom. The van der Waals surface area contributed by atoms with E-state index in [0.29, 0.717) is 0 Å². The number of phenolic OH excluding ortho intramolecular Hbond substituents is 2. The molecule has 1 aromatic carbocycles. The standard InChI is InChI=1S/C23H24O10/c1-7-14-10(4-9(32-7)5-13(25)31-3)19(26)16-17(20(14)27)22(29)18-15(21(16)28)11-6-12(24)23(18,30)8(2)33-11/h7-9,11-12,24,26-27,30H,4-6H2,1-3H3/t7-,8+,9+,11+,12+,23+/m0/s1. The second-order valence-electron chi connectivity index (χ2n) is 9.01. The number of rotatable bonds is 2. The molecule has 6 atom stereocenters. The van der Waals surface area contributed by atoms with Gasteiger partial charge in [-0.3, -0.25) is 14.4 Å². The minimum absolute atomic E-state index is 0.00837. The van der Waals surface area contributed by atoms with Crippen molar-refractivity contribution in [3.05, 3.63) is 33.4 Å². The minimum atomic E-state index is -2.12. The largest absolute Gasteiger partial charge is 0.507 e. The van der Waals surface area contributed by atoms with Crippen LogP contribution < -0.4 is 0 Å². The molecule has 1 fully saturated rings. The summed E-state index contributed by atoms with van der Waals surface area (Å²) in [6.45, 7) is 3.08. The van der Waals surface area contributed by atoms with Crippen LogP contribution in [0.15, 0.2) is 11.1 Å². The van der Waals surface area contributed by atoms with Crippen molar-refractivity contribution in [1.82, 2.24) is 0 Å². The Bertz CT molecular complexity index is 1140. The van der Waals surface area contributed by atoms with Crippen LogP contribution in [0.5, 0.6) is 11.5 Å². The fourth-order valence-electron chi connectivity index (χ4n) is 5.72. The lowest BCUT2D eigenvalue weighted by molar-refractivity contribution is -0.207. The molecule has 2 aliphatic carbocycles. The predicted molar refractivity (Wildman–Crippen MR) is 109 cm³/mol. The zero-order valence-corrected chi connectivity index (χ0v) is 18.2. The maximum absolute atomic E-state index is 13.6. The molecule has 0 spiro atoms. The van der Waals surface area contributed by atoms with E-state index in [0.717, 1.165) is 0 Å². The van der Waals surface area contributed by atoms with Gasteiger partial charge < -0.3 is 34.6 Å². The highest BCUT2D eigenvalue weighted by atomic mass is 16.5. The first-order valence-corrected chi connectivity index (χ1v) is 10.7. The summed E-state index contributed by atoms with van der Waals surface area (Å²) in [4.78, 5) is 38.8. The molecule has 5 aliphatic rings. The molecule has 3 heterocycles. The number of ether oxygens (including phenoxy) is 3. The van der Waals surface area contributed by atoms with Gasteiger partial charge in [-0.1, -0.05) is 0 Å². The first-order chi connectivity index (χ1) is 15.5. The van der Waals surface area contributed by atoms with Gasteiger partial charge in [-0.15, -0.1) is 0 Å². The molecule has 10 heteroatoms. The number of esters is 1. The molecule has 4 N–H and O–H groups in total. The molecule has 0 amide bonds. The number of aromatic hydroxyl groups is 2. The molecule has 6 rings (SSSR count). The number of carbonyl (C=O) groups excluding carboxylic acids is 3. The SMILES string of the molecule is COC(=O)C[C@H]1Cc2c(O)c3c(c(O)c2[C@H](C)O1)C(=O)C1=C(C3=O)[C@H]2C[C@@H](O)[C@]1(O)[C@@H](C)O2. The van der Waals surface area contributed by atoms with E-state index in [1.807, 2.05) is 0 Å². The fraction of sp³-hybridized carbons (Fsp3) is 0.522. The second kappa shape index (κ2) is 7.10. The molecule has 1 saturated heterocycles. The van der Waals surface area contributed by atoms with Gasteiger partial charge in [0.15, 0.2) is 11.6 Å². The van der Waals surface area contributed by atoms with Crippen molar-refractivity contribution in [1.29, 1.82) is 0 Å². The number of ketones is 2. The van der Waals surface area contributed by atoms with E-state index in [1.54, 1.807) is 6.92 Å². The van der Waals surface area contributed by atoms with E-state index in [2.05, 4.69) is 4.74 Å². The number of benzene rings is 1. The van der Waals surface area contributed by atoms with Gasteiger partial charge in [0, 0.05) is 35.1 Å². The summed E-state index contributed by atoms with van der Waals surface area (Å²) >= 11 is 0. The van der Waals surface area contributed by atoms with Crippen LogP contribution in [0.4, 0.5) is 0 Å². The number of carbonyl (C=O) groups is 3. The molecular formula is C23H24O10. The van der Waals surface area contributed by atoms with E-state index >= 15 is 0 Å². The van der Waals surface area contributed by atoms with Crippen LogP contribution in [0.2, 0.25) is 0 Å². The first-order valence-electron chi connectivity index (χ1n) is 10.7. The third-order valence-electron chi connectivity index (χ3n) is 7.30. The summed E-state index contributed by atoms with van der Waals surface area (Å²) < 4.78 is 16.1. The fourth-order valence-corrected chi connectivity index (χ4v) is 5.72. The third kappa shape index (κ3) is 2.72. The van der Waals surface area contributed by atoms with Gasteiger partial charge in [-0.25, -0.2) is 0 Å². The monoisotopic (exact) mass is 460 g/mol. The molecule has 0 radical (unpaired) electrons. The Morgan fingerprint density at radius 1 is 1.12 bits per heavy atom. The first kappa shape index (κ1) is 22.0. The quantitative estimate of drug-likeness (QED) is 0.364. The lowest BCUT2D eigenvalue weighted by atomic mass is 9.63.